The second kappa shape index (κ2) is 6.77. The first-order valence-electron chi connectivity index (χ1n) is 6.20. The third kappa shape index (κ3) is 3.57. The van der Waals surface area contributed by atoms with Gasteiger partial charge in [0.05, 0.1) is 6.61 Å². The molecule has 0 unspecified atom stereocenters. The van der Waals surface area contributed by atoms with Crippen LogP contribution in [0.15, 0.2) is 48.8 Å². The molecule has 0 aliphatic heterocycles. The Bertz CT molecular complexity index is 471. The van der Waals surface area contributed by atoms with E-state index < -0.39 is 0 Å². The molecule has 0 atom stereocenters. The van der Waals surface area contributed by atoms with Crippen LogP contribution in [0.4, 0.5) is 0 Å². The van der Waals surface area contributed by atoms with Gasteiger partial charge in [0.2, 0.25) is 0 Å². The van der Waals surface area contributed by atoms with Gasteiger partial charge < -0.3 is 10.5 Å². The average Bonchev–Trinajstić information content (AvgIpc) is 2.45. The molecule has 3 heteroatoms. The van der Waals surface area contributed by atoms with Crippen molar-refractivity contribution in [2.24, 2.45) is 5.73 Å². The van der Waals surface area contributed by atoms with Crippen molar-refractivity contribution in [1.29, 1.82) is 0 Å². The Morgan fingerprint density at radius 1 is 1.11 bits per heavy atom. The fourth-order valence-corrected chi connectivity index (χ4v) is 1.81. The van der Waals surface area contributed by atoms with Crippen molar-refractivity contribution in [3.8, 4) is 5.75 Å². The molecular weight excluding hydrogens is 224 g/mol. The van der Waals surface area contributed by atoms with Crippen LogP contribution in [-0.4, -0.2) is 11.6 Å². The Hall–Kier alpha value is -1.87. The molecule has 0 aliphatic rings. The molecule has 2 aromatic rings. The molecular formula is C15H18N2O. The lowest BCUT2D eigenvalue weighted by molar-refractivity contribution is 0.307. The van der Waals surface area contributed by atoms with Gasteiger partial charge in [0.1, 0.15) is 5.75 Å². The number of aryl methyl sites for hydroxylation is 1. The molecule has 1 heterocycles. The largest absolute Gasteiger partial charge is 0.493 e. The summed E-state index contributed by atoms with van der Waals surface area (Å²) >= 11 is 0. The van der Waals surface area contributed by atoms with Crippen LogP contribution in [0.2, 0.25) is 0 Å². The summed E-state index contributed by atoms with van der Waals surface area (Å²) in [7, 11) is 0. The predicted octanol–water partition coefficient (Wildman–Crippen LogP) is 2.55. The smallest absolute Gasteiger partial charge is 0.126 e. The van der Waals surface area contributed by atoms with E-state index in [0.29, 0.717) is 13.2 Å². The van der Waals surface area contributed by atoms with E-state index in [4.69, 9.17) is 10.5 Å². The van der Waals surface area contributed by atoms with Gasteiger partial charge in [0, 0.05) is 24.5 Å². The molecule has 0 aliphatic carbocycles. The van der Waals surface area contributed by atoms with E-state index in [2.05, 4.69) is 29.2 Å². The minimum atomic E-state index is 0.460. The molecule has 0 saturated carbocycles. The fraction of sp³-hybridized carbons (Fsp3) is 0.267. The Morgan fingerprint density at radius 3 is 2.72 bits per heavy atom. The number of hydrogen-bond donors (Lipinski definition) is 1. The molecule has 0 amide bonds. The maximum absolute atomic E-state index is 5.73. The van der Waals surface area contributed by atoms with Gasteiger partial charge in [0.25, 0.3) is 0 Å². The van der Waals surface area contributed by atoms with Crippen LogP contribution in [0, 0.1) is 0 Å². The molecule has 2 N–H and O–H groups in total. The van der Waals surface area contributed by atoms with Crippen molar-refractivity contribution in [2.45, 2.75) is 19.4 Å². The van der Waals surface area contributed by atoms with Crippen LogP contribution in [-0.2, 0) is 13.0 Å². The first-order valence-corrected chi connectivity index (χ1v) is 6.20. The summed E-state index contributed by atoms with van der Waals surface area (Å²) in [6.45, 7) is 1.16. The average molecular weight is 242 g/mol. The van der Waals surface area contributed by atoms with Crippen LogP contribution in [0.3, 0.4) is 0 Å². The Morgan fingerprint density at radius 2 is 1.94 bits per heavy atom. The Kier molecular flexibility index (Phi) is 4.73. The topological polar surface area (TPSA) is 48.1 Å². The van der Waals surface area contributed by atoms with Gasteiger partial charge in [-0.25, -0.2) is 0 Å². The fourth-order valence-electron chi connectivity index (χ4n) is 1.81. The van der Waals surface area contributed by atoms with Gasteiger partial charge in [-0.1, -0.05) is 30.3 Å². The van der Waals surface area contributed by atoms with Crippen molar-refractivity contribution in [3.05, 3.63) is 59.9 Å². The van der Waals surface area contributed by atoms with E-state index in [9.17, 15) is 0 Å². The molecule has 3 nitrogen and oxygen atoms in total. The highest BCUT2D eigenvalue weighted by Gasteiger charge is 2.01. The van der Waals surface area contributed by atoms with E-state index in [1.807, 2.05) is 12.1 Å². The second-order valence-electron chi connectivity index (χ2n) is 4.13. The van der Waals surface area contributed by atoms with Crippen molar-refractivity contribution < 1.29 is 4.74 Å². The highest BCUT2D eigenvalue weighted by atomic mass is 16.5. The quantitative estimate of drug-likeness (QED) is 0.792. The Balaban J connectivity index is 1.78. The van der Waals surface area contributed by atoms with E-state index in [0.717, 1.165) is 24.2 Å². The first kappa shape index (κ1) is 12.6. The minimum absolute atomic E-state index is 0.460. The first-order chi connectivity index (χ1) is 8.90. The van der Waals surface area contributed by atoms with Crippen LogP contribution >= 0.6 is 0 Å². The van der Waals surface area contributed by atoms with Gasteiger partial charge in [-0.3, -0.25) is 4.98 Å². The number of pyridine rings is 1. The van der Waals surface area contributed by atoms with Gasteiger partial charge >= 0.3 is 0 Å². The SMILES string of the molecule is NCc1cnccc1OCCCc1ccccc1. The third-order valence-electron chi connectivity index (χ3n) is 2.79. The summed E-state index contributed by atoms with van der Waals surface area (Å²) < 4.78 is 5.73. The lowest BCUT2D eigenvalue weighted by atomic mass is 10.1. The Labute approximate surface area is 108 Å². The molecule has 2 rings (SSSR count). The van der Waals surface area contributed by atoms with Crippen molar-refractivity contribution in [2.75, 3.05) is 6.61 Å². The minimum Gasteiger partial charge on any atom is -0.493 e. The standard InChI is InChI=1S/C15H18N2O/c16-11-14-12-17-9-8-15(14)18-10-4-7-13-5-2-1-3-6-13/h1-3,5-6,8-9,12H,4,7,10-11,16H2. The van der Waals surface area contributed by atoms with E-state index in [1.54, 1.807) is 12.4 Å². The number of hydrogen-bond acceptors (Lipinski definition) is 3. The lowest BCUT2D eigenvalue weighted by Gasteiger charge is -2.09. The number of nitrogens with zero attached hydrogens (tertiary/aromatic N) is 1. The molecule has 1 aromatic heterocycles. The number of aromatic nitrogens is 1. The molecule has 94 valence electrons. The van der Waals surface area contributed by atoms with Crippen molar-refractivity contribution in [3.63, 3.8) is 0 Å². The van der Waals surface area contributed by atoms with Crippen molar-refractivity contribution in [1.82, 2.24) is 4.98 Å². The number of ether oxygens (including phenoxy) is 1. The van der Waals surface area contributed by atoms with Crippen LogP contribution < -0.4 is 10.5 Å². The monoisotopic (exact) mass is 242 g/mol. The predicted molar refractivity (Wildman–Crippen MR) is 72.4 cm³/mol. The lowest BCUT2D eigenvalue weighted by Crippen LogP contribution is -2.05. The summed E-state index contributed by atoms with van der Waals surface area (Å²) in [4.78, 5) is 4.03. The normalized spacial score (nSPS) is 10.3. The van der Waals surface area contributed by atoms with Gasteiger partial charge in [0.15, 0.2) is 0 Å². The zero-order valence-electron chi connectivity index (χ0n) is 10.4. The highest BCUT2D eigenvalue weighted by Crippen LogP contribution is 2.16. The molecule has 0 fully saturated rings. The van der Waals surface area contributed by atoms with Crippen LogP contribution in [0.1, 0.15) is 17.5 Å². The molecule has 0 bridgehead atoms. The highest BCUT2D eigenvalue weighted by molar-refractivity contribution is 5.29. The van der Waals surface area contributed by atoms with Crippen LogP contribution in [0.5, 0.6) is 5.75 Å². The van der Waals surface area contributed by atoms with Gasteiger partial charge in [-0.15, -0.1) is 0 Å². The molecule has 0 spiro atoms. The van der Waals surface area contributed by atoms with Gasteiger partial charge in [-0.05, 0) is 24.5 Å². The van der Waals surface area contributed by atoms with Crippen molar-refractivity contribution >= 4 is 0 Å². The molecule has 0 radical (unpaired) electrons. The van der Waals surface area contributed by atoms with E-state index >= 15 is 0 Å². The number of rotatable bonds is 6. The zero-order valence-corrected chi connectivity index (χ0v) is 10.4. The molecule has 0 saturated heterocycles. The third-order valence-corrected chi connectivity index (χ3v) is 2.79. The van der Waals surface area contributed by atoms with Crippen LogP contribution in [0.25, 0.3) is 0 Å². The van der Waals surface area contributed by atoms with E-state index in [-0.39, 0.29) is 0 Å². The second-order valence-corrected chi connectivity index (χ2v) is 4.13. The number of nitrogens with two attached hydrogens (primary N) is 1. The molecule has 18 heavy (non-hydrogen) atoms. The summed E-state index contributed by atoms with van der Waals surface area (Å²) in [5.41, 5.74) is 7.92. The summed E-state index contributed by atoms with van der Waals surface area (Å²) in [6, 6.07) is 12.3. The summed E-state index contributed by atoms with van der Waals surface area (Å²) in [5, 5.41) is 0. The maximum Gasteiger partial charge on any atom is 0.126 e. The summed E-state index contributed by atoms with van der Waals surface area (Å²) in [6.07, 6.45) is 5.51. The zero-order chi connectivity index (χ0) is 12.6. The summed E-state index contributed by atoms with van der Waals surface area (Å²) in [5.74, 6) is 0.848. The number of benzene rings is 1. The van der Waals surface area contributed by atoms with Gasteiger partial charge in [-0.2, -0.15) is 0 Å². The maximum atomic E-state index is 5.73. The molecule has 1 aromatic carbocycles. The van der Waals surface area contributed by atoms with E-state index in [1.165, 1.54) is 5.56 Å².